The van der Waals surface area contributed by atoms with Gasteiger partial charge in [0.15, 0.2) is 11.5 Å². The van der Waals surface area contributed by atoms with Crippen molar-refractivity contribution in [3.63, 3.8) is 0 Å². The Hall–Kier alpha value is -1.82. The van der Waals surface area contributed by atoms with Crippen LogP contribution in [0.25, 0.3) is 0 Å². The predicted molar refractivity (Wildman–Crippen MR) is 89.1 cm³/mol. The van der Waals surface area contributed by atoms with Crippen LogP contribution in [0.1, 0.15) is 37.0 Å². The second-order valence-electron chi connectivity index (χ2n) is 6.35. The lowest BCUT2D eigenvalue weighted by molar-refractivity contribution is -0.0510. The summed E-state index contributed by atoms with van der Waals surface area (Å²) in [6, 6.07) is 2.64. The highest BCUT2D eigenvalue weighted by Crippen LogP contribution is 2.33. The lowest BCUT2D eigenvalue weighted by Gasteiger charge is -2.34. The van der Waals surface area contributed by atoms with Crippen LogP contribution in [-0.2, 0) is 4.74 Å². The molecule has 0 radical (unpaired) electrons. The molecule has 5 nitrogen and oxygen atoms in total. The minimum Gasteiger partial charge on any atom is -0.493 e. The molecule has 1 heterocycles. The van der Waals surface area contributed by atoms with E-state index in [9.17, 15) is 9.18 Å². The molecule has 1 aromatic rings. The molecule has 2 atom stereocenters. The fraction of sp³-hybridized carbons (Fsp3) is 0.611. The first kappa shape index (κ1) is 18.5. The van der Waals surface area contributed by atoms with E-state index in [1.165, 1.54) is 26.4 Å². The lowest BCUT2D eigenvalue weighted by Crippen LogP contribution is -2.41. The summed E-state index contributed by atoms with van der Waals surface area (Å²) in [7, 11) is 2.84. The molecule has 1 amide bonds. The molecule has 1 saturated heterocycles. The van der Waals surface area contributed by atoms with E-state index < -0.39 is 11.7 Å². The number of amides is 1. The first-order valence-electron chi connectivity index (χ1n) is 8.29. The number of carbonyl (C=O) groups excluding carboxylic acids is 1. The normalized spacial score (nSPS) is 20.8. The van der Waals surface area contributed by atoms with Crippen LogP contribution in [0, 0.1) is 17.7 Å². The van der Waals surface area contributed by atoms with Crippen LogP contribution in [-0.4, -0.2) is 39.4 Å². The topological polar surface area (TPSA) is 56.8 Å². The number of rotatable bonds is 6. The van der Waals surface area contributed by atoms with Gasteiger partial charge < -0.3 is 19.5 Å². The Kier molecular flexibility index (Phi) is 6.43. The van der Waals surface area contributed by atoms with Gasteiger partial charge in [-0.2, -0.15) is 0 Å². The van der Waals surface area contributed by atoms with Gasteiger partial charge in [-0.3, -0.25) is 4.79 Å². The van der Waals surface area contributed by atoms with E-state index in [2.05, 4.69) is 19.2 Å². The van der Waals surface area contributed by atoms with Gasteiger partial charge in [0.05, 0.1) is 20.3 Å². The van der Waals surface area contributed by atoms with E-state index in [4.69, 9.17) is 14.2 Å². The Morgan fingerprint density at radius 1 is 1.38 bits per heavy atom. The Morgan fingerprint density at radius 3 is 2.75 bits per heavy atom. The summed E-state index contributed by atoms with van der Waals surface area (Å²) >= 11 is 0. The van der Waals surface area contributed by atoms with Crippen LogP contribution in [0.5, 0.6) is 11.5 Å². The number of hydrogen-bond acceptors (Lipinski definition) is 4. The molecule has 0 aromatic heterocycles. The molecular formula is C18H26FNO4. The molecule has 0 unspecified atom stereocenters. The van der Waals surface area contributed by atoms with Crippen molar-refractivity contribution in [3.05, 3.63) is 23.5 Å². The molecule has 1 N–H and O–H groups in total. The maximum absolute atomic E-state index is 14.2. The standard InChI is InChI=1S/C18H26FNO4/c1-11(2)16-12(6-5-9-24-16)10-20-18(21)15-13(19)7-8-14(22-3)17(15)23-4/h7-8,11-12,16H,5-6,9-10H2,1-4H3,(H,20,21)/t12-,16-/m1/s1. The fourth-order valence-electron chi connectivity index (χ4n) is 3.25. The third kappa shape index (κ3) is 3.98. The summed E-state index contributed by atoms with van der Waals surface area (Å²) in [5.74, 6) is -0.111. The number of benzene rings is 1. The van der Waals surface area contributed by atoms with Crippen molar-refractivity contribution < 1.29 is 23.4 Å². The van der Waals surface area contributed by atoms with Gasteiger partial charge in [-0.15, -0.1) is 0 Å². The summed E-state index contributed by atoms with van der Waals surface area (Å²) in [6.45, 7) is 5.41. The van der Waals surface area contributed by atoms with Crippen molar-refractivity contribution in [2.24, 2.45) is 11.8 Å². The fourth-order valence-corrected chi connectivity index (χ4v) is 3.25. The summed E-state index contributed by atoms with van der Waals surface area (Å²) in [4.78, 5) is 12.5. The summed E-state index contributed by atoms with van der Waals surface area (Å²) in [6.07, 6.45) is 2.07. The third-order valence-electron chi connectivity index (χ3n) is 4.40. The summed E-state index contributed by atoms with van der Waals surface area (Å²) in [5.41, 5.74) is -0.130. The van der Waals surface area contributed by atoms with Crippen molar-refractivity contribution in [1.29, 1.82) is 0 Å². The van der Waals surface area contributed by atoms with E-state index >= 15 is 0 Å². The number of ether oxygens (including phenoxy) is 3. The average Bonchev–Trinajstić information content (AvgIpc) is 2.59. The molecule has 0 saturated carbocycles. The molecular weight excluding hydrogens is 313 g/mol. The average molecular weight is 339 g/mol. The molecule has 1 fully saturated rings. The zero-order chi connectivity index (χ0) is 17.7. The van der Waals surface area contributed by atoms with Gasteiger partial charge in [0.2, 0.25) is 0 Å². The highest BCUT2D eigenvalue weighted by Gasteiger charge is 2.30. The van der Waals surface area contributed by atoms with Gasteiger partial charge in [-0.1, -0.05) is 13.8 Å². The molecule has 6 heteroatoms. The minimum atomic E-state index is -0.634. The molecule has 1 aliphatic rings. The van der Waals surface area contributed by atoms with Gasteiger partial charge in [-0.05, 0) is 30.9 Å². The van der Waals surface area contributed by atoms with E-state index in [1.807, 2.05) is 0 Å². The van der Waals surface area contributed by atoms with Gasteiger partial charge in [0.25, 0.3) is 5.91 Å². The second kappa shape index (κ2) is 8.33. The number of hydrogen-bond donors (Lipinski definition) is 1. The van der Waals surface area contributed by atoms with Gasteiger partial charge in [0.1, 0.15) is 11.4 Å². The third-order valence-corrected chi connectivity index (χ3v) is 4.40. The maximum atomic E-state index is 14.2. The Balaban J connectivity index is 2.12. The van der Waals surface area contributed by atoms with Gasteiger partial charge >= 0.3 is 0 Å². The van der Waals surface area contributed by atoms with E-state index in [0.717, 1.165) is 19.4 Å². The predicted octanol–water partition coefficient (Wildman–Crippen LogP) is 3.02. The van der Waals surface area contributed by atoms with Crippen LogP contribution in [0.3, 0.4) is 0 Å². The second-order valence-corrected chi connectivity index (χ2v) is 6.35. The summed E-state index contributed by atoms with van der Waals surface area (Å²) < 4.78 is 30.3. The highest BCUT2D eigenvalue weighted by atomic mass is 19.1. The molecule has 0 bridgehead atoms. The van der Waals surface area contributed by atoms with Gasteiger partial charge in [0, 0.05) is 19.1 Å². The SMILES string of the molecule is COc1ccc(F)c(C(=O)NC[C@H]2CCCO[C@@H]2C(C)C)c1OC. The van der Waals surface area contributed by atoms with E-state index in [1.54, 1.807) is 0 Å². The zero-order valence-electron chi connectivity index (χ0n) is 14.7. The molecule has 2 rings (SSSR count). The highest BCUT2D eigenvalue weighted by molar-refractivity contribution is 5.98. The number of carbonyl (C=O) groups is 1. The molecule has 0 spiro atoms. The molecule has 24 heavy (non-hydrogen) atoms. The van der Waals surface area contributed by atoms with Crippen molar-refractivity contribution in [3.8, 4) is 11.5 Å². The molecule has 1 aromatic carbocycles. The largest absolute Gasteiger partial charge is 0.493 e. The Morgan fingerprint density at radius 2 is 2.12 bits per heavy atom. The van der Waals surface area contributed by atoms with E-state index in [0.29, 0.717) is 18.2 Å². The smallest absolute Gasteiger partial charge is 0.258 e. The first-order chi connectivity index (χ1) is 11.5. The molecule has 0 aliphatic carbocycles. The molecule has 134 valence electrons. The van der Waals surface area contributed by atoms with Crippen LogP contribution in [0.4, 0.5) is 4.39 Å². The van der Waals surface area contributed by atoms with Crippen molar-refractivity contribution >= 4 is 5.91 Å². The Bertz CT molecular complexity index is 576. The van der Waals surface area contributed by atoms with Crippen LogP contribution >= 0.6 is 0 Å². The number of halogens is 1. The van der Waals surface area contributed by atoms with Crippen LogP contribution in [0.2, 0.25) is 0 Å². The molecule has 1 aliphatic heterocycles. The maximum Gasteiger partial charge on any atom is 0.258 e. The van der Waals surface area contributed by atoms with Crippen LogP contribution < -0.4 is 14.8 Å². The first-order valence-corrected chi connectivity index (χ1v) is 8.29. The van der Waals surface area contributed by atoms with Crippen molar-refractivity contribution in [2.45, 2.75) is 32.8 Å². The summed E-state index contributed by atoms with van der Waals surface area (Å²) in [5, 5.41) is 2.83. The Labute approximate surface area is 142 Å². The van der Waals surface area contributed by atoms with E-state index in [-0.39, 0.29) is 23.3 Å². The quantitative estimate of drug-likeness (QED) is 0.865. The monoisotopic (exact) mass is 339 g/mol. The minimum absolute atomic E-state index is 0.107. The van der Waals surface area contributed by atoms with Crippen molar-refractivity contribution in [1.82, 2.24) is 5.32 Å². The van der Waals surface area contributed by atoms with Crippen LogP contribution in [0.15, 0.2) is 12.1 Å². The van der Waals surface area contributed by atoms with Gasteiger partial charge in [-0.25, -0.2) is 4.39 Å². The zero-order valence-corrected chi connectivity index (χ0v) is 14.7. The van der Waals surface area contributed by atoms with Crippen molar-refractivity contribution in [2.75, 3.05) is 27.4 Å². The lowest BCUT2D eigenvalue weighted by atomic mass is 9.87. The number of methoxy groups -OCH3 is 2. The number of nitrogens with one attached hydrogen (secondary N) is 1.